The number of anilines is 3. The molecule has 0 heterocycles. The van der Waals surface area contributed by atoms with E-state index in [0.29, 0.717) is 23.4 Å². The van der Waals surface area contributed by atoms with E-state index in [1.165, 1.54) is 25.3 Å². The Kier molecular flexibility index (Phi) is 11.5. The van der Waals surface area contributed by atoms with Gasteiger partial charge in [0.05, 0.1) is 30.8 Å². The fourth-order valence-corrected chi connectivity index (χ4v) is 4.59. The van der Waals surface area contributed by atoms with Crippen molar-refractivity contribution in [2.45, 2.75) is 38.5 Å². The average molecular weight is 610 g/mol. The van der Waals surface area contributed by atoms with E-state index in [4.69, 9.17) is 31.2 Å². The summed E-state index contributed by atoms with van der Waals surface area (Å²) in [4.78, 5) is -0.459. The number of nitrogen functional groups attached to an aromatic ring is 3. The molecular weight excluding hydrogens is 574 g/mol. The minimum absolute atomic E-state index is 0.0905. The third kappa shape index (κ3) is 10.5. The molecule has 0 saturated carbocycles. The second-order valence-corrected chi connectivity index (χ2v) is 12.1. The number of rotatable bonds is 10. The highest BCUT2D eigenvalue weighted by molar-refractivity contribution is 7.86. The number of aryl methyl sites for hydroxylation is 3. The molecule has 224 valence electrons. The standard InChI is InChI=1S/C18H23N3O8S2.C8H12N2/c1-12-9-14(19)17(29-7-3-4-8-30(22,23)24)11-16(12)21-20-15-6-5-13(28-2)10-18(15)31(25,26)27;1-5-3-8(10)6(2)4-7(5)9/h5-6,9-11H,3-4,7-8,19H2,1-2H3,(H,22,23,24)(H,25,26,27);3-4H,9-10H2,1-2H3. The number of benzene rings is 3. The summed E-state index contributed by atoms with van der Waals surface area (Å²) in [6.45, 7) is 5.78. The quantitative estimate of drug-likeness (QED) is 0.0909. The molecule has 0 amide bonds. The first kappa shape index (κ1) is 33.3. The van der Waals surface area contributed by atoms with E-state index in [9.17, 15) is 21.4 Å². The lowest BCUT2D eigenvalue weighted by atomic mass is 10.1. The van der Waals surface area contributed by atoms with Crippen molar-refractivity contribution in [1.29, 1.82) is 0 Å². The maximum atomic E-state index is 11.6. The van der Waals surface area contributed by atoms with Crippen LogP contribution in [0.25, 0.3) is 0 Å². The summed E-state index contributed by atoms with van der Waals surface area (Å²) in [7, 11) is -7.23. The maximum Gasteiger partial charge on any atom is 0.296 e. The Morgan fingerprint density at radius 2 is 1.32 bits per heavy atom. The van der Waals surface area contributed by atoms with Gasteiger partial charge in [-0.1, -0.05) is 0 Å². The van der Waals surface area contributed by atoms with Crippen LogP contribution in [0.5, 0.6) is 11.5 Å². The largest absolute Gasteiger partial charge is 0.497 e. The van der Waals surface area contributed by atoms with Gasteiger partial charge in [0, 0.05) is 23.5 Å². The van der Waals surface area contributed by atoms with Gasteiger partial charge in [-0.3, -0.25) is 9.11 Å². The van der Waals surface area contributed by atoms with Crippen molar-refractivity contribution in [1.82, 2.24) is 0 Å². The Bertz CT molecular complexity index is 1580. The molecule has 3 aromatic carbocycles. The molecule has 3 aromatic rings. The first-order valence-corrected chi connectivity index (χ1v) is 15.2. The number of unbranched alkanes of at least 4 members (excludes halogenated alkanes) is 1. The molecule has 0 fully saturated rings. The van der Waals surface area contributed by atoms with E-state index in [-0.39, 0.29) is 36.0 Å². The third-order valence-corrected chi connectivity index (χ3v) is 7.43. The third-order valence-electron chi connectivity index (χ3n) is 5.75. The van der Waals surface area contributed by atoms with E-state index in [2.05, 4.69) is 10.2 Å². The first-order valence-electron chi connectivity index (χ1n) is 12.2. The van der Waals surface area contributed by atoms with E-state index in [1.54, 1.807) is 13.0 Å². The van der Waals surface area contributed by atoms with Crippen LogP contribution < -0.4 is 26.7 Å². The Hall–Kier alpha value is -3.92. The Balaban J connectivity index is 0.000000493. The molecule has 3 rings (SSSR count). The number of nitrogens with two attached hydrogens (primary N) is 3. The van der Waals surface area contributed by atoms with Gasteiger partial charge in [0.2, 0.25) is 0 Å². The summed E-state index contributed by atoms with van der Waals surface area (Å²) in [5, 5.41) is 7.97. The van der Waals surface area contributed by atoms with Crippen LogP contribution in [0.3, 0.4) is 0 Å². The molecule has 15 heteroatoms. The summed E-state index contributed by atoms with van der Waals surface area (Å²) in [6.07, 6.45) is 0.584. The van der Waals surface area contributed by atoms with E-state index < -0.39 is 25.1 Å². The molecule has 0 aromatic heterocycles. The molecule has 0 radical (unpaired) electrons. The maximum absolute atomic E-state index is 11.6. The summed E-state index contributed by atoms with van der Waals surface area (Å²) < 4.78 is 73.4. The number of nitrogens with zero attached hydrogens (tertiary/aromatic N) is 2. The lowest BCUT2D eigenvalue weighted by molar-refractivity contribution is 0.310. The number of methoxy groups -OCH3 is 1. The van der Waals surface area contributed by atoms with Crippen molar-refractivity contribution < 1.29 is 35.4 Å². The van der Waals surface area contributed by atoms with Crippen molar-refractivity contribution in [3.63, 3.8) is 0 Å². The van der Waals surface area contributed by atoms with Crippen LogP contribution in [0.15, 0.2) is 57.6 Å². The molecular formula is C26H35N5O8S2. The molecule has 0 aliphatic heterocycles. The predicted octanol–water partition coefficient (Wildman–Crippen LogP) is 4.76. The minimum atomic E-state index is -4.56. The highest BCUT2D eigenvalue weighted by atomic mass is 32.2. The van der Waals surface area contributed by atoms with Crippen LogP contribution in [0.2, 0.25) is 0 Å². The first-order chi connectivity index (χ1) is 19.0. The van der Waals surface area contributed by atoms with Gasteiger partial charge < -0.3 is 26.7 Å². The van der Waals surface area contributed by atoms with E-state index >= 15 is 0 Å². The van der Waals surface area contributed by atoms with Gasteiger partial charge in [0.25, 0.3) is 20.2 Å². The molecule has 41 heavy (non-hydrogen) atoms. The van der Waals surface area contributed by atoms with Crippen LogP contribution in [0.4, 0.5) is 28.4 Å². The molecule has 0 unspecified atom stereocenters. The van der Waals surface area contributed by atoms with Gasteiger partial charge in [-0.05, 0) is 80.6 Å². The van der Waals surface area contributed by atoms with Gasteiger partial charge in [0.15, 0.2) is 0 Å². The van der Waals surface area contributed by atoms with Crippen molar-refractivity contribution in [2.75, 3.05) is 36.7 Å². The Morgan fingerprint density at radius 1 is 0.756 bits per heavy atom. The summed E-state index contributed by atoms with van der Waals surface area (Å²) in [5.74, 6) is 0.146. The Labute approximate surface area is 239 Å². The lowest BCUT2D eigenvalue weighted by Crippen LogP contribution is -2.06. The minimum Gasteiger partial charge on any atom is -0.497 e. The molecule has 0 saturated heterocycles. The summed E-state index contributed by atoms with van der Waals surface area (Å²) >= 11 is 0. The van der Waals surface area contributed by atoms with Crippen LogP contribution in [0.1, 0.15) is 29.5 Å². The topological polar surface area (TPSA) is 230 Å². The van der Waals surface area contributed by atoms with Crippen molar-refractivity contribution in [3.8, 4) is 11.5 Å². The van der Waals surface area contributed by atoms with E-state index in [0.717, 1.165) is 28.6 Å². The molecule has 0 bridgehead atoms. The van der Waals surface area contributed by atoms with Gasteiger partial charge in [0.1, 0.15) is 22.1 Å². The molecule has 0 spiro atoms. The second-order valence-electron chi connectivity index (χ2n) is 9.09. The summed E-state index contributed by atoms with van der Waals surface area (Å²) in [5.41, 5.74) is 22.1. The zero-order chi connectivity index (χ0) is 31.0. The number of hydrogen-bond acceptors (Lipinski definition) is 11. The number of azo groups is 1. The number of hydrogen-bond donors (Lipinski definition) is 5. The molecule has 0 atom stereocenters. The van der Waals surface area contributed by atoms with Gasteiger partial charge >= 0.3 is 0 Å². The smallest absolute Gasteiger partial charge is 0.296 e. The van der Waals surface area contributed by atoms with Crippen molar-refractivity contribution in [3.05, 3.63) is 59.2 Å². The zero-order valence-electron chi connectivity index (χ0n) is 23.2. The highest BCUT2D eigenvalue weighted by Gasteiger charge is 2.17. The molecule has 13 nitrogen and oxygen atoms in total. The van der Waals surface area contributed by atoms with Gasteiger partial charge in [-0.2, -0.15) is 21.9 Å². The van der Waals surface area contributed by atoms with Gasteiger partial charge in [-0.15, -0.1) is 5.11 Å². The van der Waals surface area contributed by atoms with Crippen LogP contribution in [0, 0.1) is 20.8 Å². The van der Waals surface area contributed by atoms with Crippen molar-refractivity contribution in [2.24, 2.45) is 10.2 Å². The van der Waals surface area contributed by atoms with Crippen LogP contribution in [-0.4, -0.2) is 45.4 Å². The van der Waals surface area contributed by atoms with Crippen molar-refractivity contribution >= 4 is 48.7 Å². The van der Waals surface area contributed by atoms with Gasteiger partial charge in [-0.25, -0.2) is 0 Å². The molecule has 8 N–H and O–H groups in total. The predicted molar refractivity (Wildman–Crippen MR) is 158 cm³/mol. The molecule has 0 aliphatic rings. The van der Waals surface area contributed by atoms with Crippen LogP contribution in [-0.2, 0) is 20.2 Å². The van der Waals surface area contributed by atoms with Crippen LogP contribution >= 0.6 is 0 Å². The fraction of sp³-hybridized carbons (Fsp3) is 0.308. The molecule has 0 aliphatic carbocycles. The second kappa shape index (κ2) is 14.1. The Morgan fingerprint density at radius 3 is 1.85 bits per heavy atom. The normalized spacial score (nSPS) is 11.7. The monoisotopic (exact) mass is 609 g/mol. The summed E-state index contributed by atoms with van der Waals surface area (Å²) in [6, 6.07) is 10.8. The SMILES string of the molecule is COc1ccc(N=Nc2cc(OCCCCS(=O)(=O)O)c(N)cc2C)c(S(=O)(=O)O)c1.Cc1cc(N)c(C)cc1N. The lowest BCUT2D eigenvalue weighted by Gasteiger charge is -2.11. The highest BCUT2D eigenvalue weighted by Crippen LogP contribution is 2.34. The van der Waals surface area contributed by atoms with E-state index in [1.807, 2.05) is 26.0 Å². The zero-order valence-corrected chi connectivity index (χ0v) is 24.8. The number of ether oxygens (including phenoxy) is 2. The average Bonchev–Trinajstić information content (AvgIpc) is 2.87. The fourth-order valence-electron chi connectivity index (χ4n) is 3.38.